The summed E-state index contributed by atoms with van der Waals surface area (Å²) in [5, 5.41) is 8.47. The molecule has 0 aromatic heterocycles. The first-order chi connectivity index (χ1) is 7.41. The van der Waals surface area contributed by atoms with E-state index in [1.807, 2.05) is 0 Å². The Labute approximate surface area is 91.3 Å². The van der Waals surface area contributed by atoms with Crippen LogP contribution in [0.4, 0.5) is 0 Å². The van der Waals surface area contributed by atoms with Crippen LogP contribution in [0.2, 0.25) is 0 Å². The Balaban J connectivity index is 2.81. The van der Waals surface area contributed by atoms with Crippen LogP contribution in [-0.2, 0) is 18.9 Å². The van der Waals surface area contributed by atoms with Crippen molar-refractivity contribution in [3.63, 3.8) is 0 Å². The Kier molecular flexibility index (Phi) is 13.6. The number of rotatable bonds is 12. The van der Waals surface area contributed by atoms with Crippen LogP contribution < -0.4 is 0 Å². The zero-order valence-electron chi connectivity index (χ0n) is 9.44. The predicted molar refractivity (Wildman–Crippen MR) is 56.0 cm³/mol. The summed E-state index contributed by atoms with van der Waals surface area (Å²) in [6.45, 7) is 4.28. The van der Waals surface area contributed by atoms with Gasteiger partial charge in [-0.3, -0.25) is 0 Å². The number of ether oxygens (including phenoxy) is 4. The second-order valence-corrected chi connectivity index (χ2v) is 2.91. The summed E-state index contributed by atoms with van der Waals surface area (Å²) in [6, 6.07) is 0. The highest BCUT2D eigenvalue weighted by Crippen LogP contribution is 1.83. The van der Waals surface area contributed by atoms with Crippen molar-refractivity contribution in [1.82, 2.24) is 0 Å². The Morgan fingerprint density at radius 3 is 1.67 bits per heavy atom. The van der Waals surface area contributed by atoms with Crippen LogP contribution in [0.1, 0.15) is 6.42 Å². The van der Waals surface area contributed by atoms with E-state index in [0.717, 1.165) is 0 Å². The minimum atomic E-state index is 0.175. The Morgan fingerprint density at radius 1 is 0.733 bits per heavy atom. The molecule has 1 N–H and O–H groups in total. The van der Waals surface area contributed by atoms with Crippen molar-refractivity contribution in [2.24, 2.45) is 0 Å². The van der Waals surface area contributed by atoms with Crippen LogP contribution in [0.5, 0.6) is 0 Å². The van der Waals surface area contributed by atoms with Crippen LogP contribution in [0.25, 0.3) is 0 Å². The van der Waals surface area contributed by atoms with Gasteiger partial charge in [0.15, 0.2) is 0 Å². The number of aliphatic hydroxyl groups is 1. The summed E-state index contributed by atoms with van der Waals surface area (Å²) in [4.78, 5) is 0. The topological polar surface area (TPSA) is 57.2 Å². The molecule has 0 unspecified atom stereocenters. The van der Waals surface area contributed by atoms with Crippen molar-refractivity contribution in [2.45, 2.75) is 6.42 Å². The average Bonchev–Trinajstić information content (AvgIpc) is 2.26. The van der Waals surface area contributed by atoms with E-state index in [1.54, 1.807) is 7.11 Å². The lowest BCUT2D eigenvalue weighted by Crippen LogP contribution is -2.11. The summed E-state index contributed by atoms with van der Waals surface area (Å²) in [6.07, 6.45) is 0.681. The van der Waals surface area contributed by atoms with Crippen LogP contribution in [0.3, 0.4) is 0 Å². The smallest absolute Gasteiger partial charge is 0.0701 e. The summed E-state index contributed by atoms with van der Waals surface area (Å²) < 4.78 is 20.4. The van der Waals surface area contributed by atoms with Gasteiger partial charge in [-0.05, 0) is 6.42 Å². The van der Waals surface area contributed by atoms with Gasteiger partial charge in [0.1, 0.15) is 0 Å². The molecular weight excluding hydrogens is 200 g/mol. The van der Waals surface area contributed by atoms with Gasteiger partial charge in [-0.1, -0.05) is 0 Å². The maximum Gasteiger partial charge on any atom is 0.0701 e. The Bertz CT molecular complexity index is 98.0. The first-order valence-electron chi connectivity index (χ1n) is 5.25. The fraction of sp³-hybridized carbons (Fsp3) is 1.00. The molecule has 5 nitrogen and oxygen atoms in total. The van der Waals surface area contributed by atoms with E-state index >= 15 is 0 Å². The van der Waals surface area contributed by atoms with E-state index in [-0.39, 0.29) is 6.61 Å². The van der Waals surface area contributed by atoms with Gasteiger partial charge in [-0.15, -0.1) is 0 Å². The standard InChI is InChI=1S/C10H22O5/c1-12-5-6-14-9-10-15-8-7-13-4-2-3-11/h11H,2-10H2,1H3. The second kappa shape index (κ2) is 13.8. The highest BCUT2D eigenvalue weighted by Gasteiger charge is 1.91. The van der Waals surface area contributed by atoms with Gasteiger partial charge in [0.2, 0.25) is 0 Å². The molecule has 0 fully saturated rings. The average molecular weight is 222 g/mol. The molecule has 5 heteroatoms. The van der Waals surface area contributed by atoms with E-state index in [0.29, 0.717) is 52.7 Å². The molecule has 0 bridgehead atoms. The molecule has 0 aromatic carbocycles. The van der Waals surface area contributed by atoms with Gasteiger partial charge >= 0.3 is 0 Å². The molecule has 0 aliphatic rings. The lowest BCUT2D eigenvalue weighted by Gasteiger charge is -2.06. The van der Waals surface area contributed by atoms with Gasteiger partial charge in [0.25, 0.3) is 0 Å². The van der Waals surface area contributed by atoms with Gasteiger partial charge < -0.3 is 24.1 Å². The number of methoxy groups -OCH3 is 1. The van der Waals surface area contributed by atoms with Crippen molar-refractivity contribution in [1.29, 1.82) is 0 Å². The largest absolute Gasteiger partial charge is 0.396 e. The van der Waals surface area contributed by atoms with Crippen LogP contribution in [-0.4, -0.2) is 65.1 Å². The summed E-state index contributed by atoms with van der Waals surface area (Å²) in [5.41, 5.74) is 0. The summed E-state index contributed by atoms with van der Waals surface area (Å²) in [7, 11) is 1.64. The molecule has 0 aliphatic heterocycles. The third kappa shape index (κ3) is 13.8. The molecule has 0 aliphatic carbocycles. The van der Waals surface area contributed by atoms with Crippen molar-refractivity contribution in [2.75, 3.05) is 60.0 Å². The van der Waals surface area contributed by atoms with E-state index in [9.17, 15) is 0 Å². The molecular formula is C10H22O5. The molecule has 0 saturated carbocycles. The molecule has 92 valence electrons. The molecule has 0 saturated heterocycles. The highest BCUT2D eigenvalue weighted by atomic mass is 16.6. The van der Waals surface area contributed by atoms with E-state index in [1.165, 1.54) is 0 Å². The number of aliphatic hydroxyl groups excluding tert-OH is 1. The van der Waals surface area contributed by atoms with Crippen molar-refractivity contribution >= 4 is 0 Å². The van der Waals surface area contributed by atoms with Crippen LogP contribution in [0, 0.1) is 0 Å². The van der Waals surface area contributed by atoms with Crippen molar-refractivity contribution in [3.8, 4) is 0 Å². The zero-order valence-corrected chi connectivity index (χ0v) is 9.44. The fourth-order valence-corrected chi connectivity index (χ4v) is 0.851. The Morgan fingerprint density at radius 2 is 1.20 bits per heavy atom. The Hall–Kier alpha value is -0.200. The summed E-state index contributed by atoms with van der Waals surface area (Å²) >= 11 is 0. The van der Waals surface area contributed by atoms with Gasteiger partial charge in [-0.25, -0.2) is 0 Å². The first kappa shape index (κ1) is 14.8. The first-order valence-corrected chi connectivity index (χ1v) is 5.25. The molecule has 0 amide bonds. The normalized spacial score (nSPS) is 10.8. The molecule has 0 rings (SSSR count). The van der Waals surface area contributed by atoms with Gasteiger partial charge in [0.05, 0.1) is 39.6 Å². The van der Waals surface area contributed by atoms with E-state index < -0.39 is 0 Å². The van der Waals surface area contributed by atoms with E-state index in [4.69, 9.17) is 24.1 Å². The third-order valence-corrected chi connectivity index (χ3v) is 1.62. The van der Waals surface area contributed by atoms with E-state index in [2.05, 4.69) is 0 Å². The number of hydrogen-bond acceptors (Lipinski definition) is 5. The molecule has 0 atom stereocenters. The number of hydrogen-bond donors (Lipinski definition) is 1. The predicted octanol–water partition coefficient (Wildman–Crippen LogP) is 0.0650. The minimum Gasteiger partial charge on any atom is -0.396 e. The lowest BCUT2D eigenvalue weighted by molar-refractivity contribution is 0.00223. The zero-order chi connectivity index (χ0) is 11.2. The molecule has 0 aromatic rings. The maximum atomic E-state index is 8.47. The molecule has 15 heavy (non-hydrogen) atoms. The molecule has 0 radical (unpaired) electrons. The minimum absolute atomic E-state index is 0.175. The van der Waals surface area contributed by atoms with Gasteiger partial charge in [0, 0.05) is 20.3 Å². The lowest BCUT2D eigenvalue weighted by atomic mass is 10.5. The van der Waals surface area contributed by atoms with Crippen molar-refractivity contribution in [3.05, 3.63) is 0 Å². The summed E-state index contributed by atoms with van der Waals surface area (Å²) in [5.74, 6) is 0. The van der Waals surface area contributed by atoms with Crippen molar-refractivity contribution < 1.29 is 24.1 Å². The van der Waals surface area contributed by atoms with Crippen LogP contribution >= 0.6 is 0 Å². The highest BCUT2D eigenvalue weighted by molar-refractivity contribution is 4.35. The molecule has 0 spiro atoms. The maximum absolute atomic E-state index is 8.47. The third-order valence-electron chi connectivity index (χ3n) is 1.62. The second-order valence-electron chi connectivity index (χ2n) is 2.91. The fourth-order valence-electron chi connectivity index (χ4n) is 0.851. The van der Waals surface area contributed by atoms with Gasteiger partial charge in [-0.2, -0.15) is 0 Å². The quantitative estimate of drug-likeness (QED) is 0.473. The molecule has 0 heterocycles. The monoisotopic (exact) mass is 222 g/mol. The van der Waals surface area contributed by atoms with Crippen LogP contribution in [0.15, 0.2) is 0 Å². The SMILES string of the molecule is COCCOCCOCCOCCCO.